The van der Waals surface area contributed by atoms with Gasteiger partial charge in [0.25, 0.3) is 0 Å². The van der Waals surface area contributed by atoms with E-state index < -0.39 is 21.4 Å². The van der Waals surface area contributed by atoms with Crippen molar-refractivity contribution < 1.29 is 22.7 Å². The molecule has 8 heteroatoms. The maximum atomic E-state index is 12.6. The zero-order chi connectivity index (χ0) is 15.1. The highest BCUT2D eigenvalue weighted by molar-refractivity contribution is 7.89. The molecule has 0 spiro atoms. The number of rotatable bonds is 3. The minimum absolute atomic E-state index is 0.0849. The van der Waals surface area contributed by atoms with E-state index in [1.54, 1.807) is 6.07 Å². The average molecular weight is 312 g/mol. The number of pyridine rings is 1. The van der Waals surface area contributed by atoms with Crippen molar-refractivity contribution >= 4 is 16.0 Å². The summed E-state index contributed by atoms with van der Waals surface area (Å²) in [4.78, 5) is 16.1. The molecule has 2 saturated heterocycles. The largest absolute Gasteiger partial charge is 0.468 e. The quantitative estimate of drug-likeness (QED) is 0.724. The van der Waals surface area contributed by atoms with E-state index in [1.807, 2.05) is 0 Å². The van der Waals surface area contributed by atoms with Gasteiger partial charge in [-0.25, -0.2) is 8.42 Å². The van der Waals surface area contributed by atoms with Gasteiger partial charge >= 0.3 is 5.97 Å². The molecular formula is C13H16N2O5S. The Morgan fingerprint density at radius 1 is 1.57 bits per heavy atom. The van der Waals surface area contributed by atoms with Crippen LogP contribution in [0.15, 0.2) is 29.4 Å². The van der Waals surface area contributed by atoms with Gasteiger partial charge in [0.15, 0.2) is 0 Å². The average Bonchev–Trinajstić information content (AvgIpc) is 3.05. The molecule has 0 saturated carbocycles. The zero-order valence-corrected chi connectivity index (χ0v) is 12.4. The summed E-state index contributed by atoms with van der Waals surface area (Å²) in [6.07, 6.45) is 2.83. The Balaban J connectivity index is 1.92. The predicted octanol–water partition coefficient (Wildman–Crippen LogP) is -0.108. The van der Waals surface area contributed by atoms with Crippen LogP contribution in [0.25, 0.3) is 0 Å². The second kappa shape index (κ2) is 5.04. The van der Waals surface area contributed by atoms with Crippen LogP contribution in [-0.4, -0.2) is 57.1 Å². The molecule has 7 nitrogen and oxygen atoms in total. The molecule has 3 rings (SSSR count). The molecule has 2 fully saturated rings. The van der Waals surface area contributed by atoms with E-state index in [4.69, 9.17) is 9.47 Å². The maximum absolute atomic E-state index is 12.6. The van der Waals surface area contributed by atoms with Crippen molar-refractivity contribution in [2.45, 2.75) is 4.90 Å². The Morgan fingerprint density at radius 2 is 2.38 bits per heavy atom. The van der Waals surface area contributed by atoms with E-state index in [9.17, 15) is 13.2 Å². The van der Waals surface area contributed by atoms with Crippen LogP contribution in [0.4, 0.5) is 0 Å². The number of fused-ring (bicyclic) bond motifs is 1. The molecule has 0 N–H and O–H groups in total. The second-order valence-corrected chi connectivity index (χ2v) is 7.28. The molecule has 0 unspecified atom stereocenters. The molecule has 0 bridgehead atoms. The Labute approximate surface area is 122 Å². The number of carbonyl (C=O) groups is 1. The van der Waals surface area contributed by atoms with Gasteiger partial charge in [0.2, 0.25) is 10.0 Å². The van der Waals surface area contributed by atoms with Gasteiger partial charge in [-0.2, -0.15) is 4.31 Å². The minimum atomic E-state index is -3.65. The molecule has 0 radical (unpaired) electrons. The first-order valence-electron chi connectivity index (χ1n) is 6.57. The van der Waals surface area contributed by atoms with Gasteiger partial charge in [0.05, 0.1) is 20.3 Å². The fourth-order valence-corrected chi connectivity index (χ4v) is 4.53. The molecule has 3 heterocycles. The molecule has 0 aromatic carbocycles. The van der Waals surface area contributed by atoms with Crippen LogP contribution < -0.4 is 0 Å². The molecular weight excluding hydrogens is 296 g/mol. The van der Waals surface area contributed by atoms with Crippen molar-refractivity contribution in [1.82, 2.24) is 9.29 Å². The Hall–Kier alpha value is -1.51. The Bertz CT molecular complexity index is 648. The lowest BCUT2D eigenvalue weighted by atomic mass is 9.81. The molecule has 21 heavy (non-hydrogen) atoms. The molecule has 114 valence electrons. The van der Waals surface area contributed by atoms with E-state index in [2.05, 4.69) is 4.98 Å². The van der Waals surface area contributed by atoms with Gasteiger partial charge in [-0.05, 0) is 12.1 Å². The molecule has 0 amide bonds. The summed E-state index contributed by atoms with van der Waals surface area (Å²) in [5, 5.41) is 0. The molecule has 1 aromatic rings. The number of ether oxygens (including phenoxy) is 2. The summed E-state index contributed by atoms with van der Waals surface area (Å²) < 4.78 is 36.8. The number of carbonyl (C=O) groups excluding carboxylic acids is 1. The number of hydrogen-bond donors (Lipinski definition) is 0. The van der Waals surface area contributed by atoms with Crippen molar-refractivity contribution in [3.63, 3.8) is 0 Å². The highest BCUT2D eigenvalue weighted by Gasteiger charge is 2.59. The number of sulfonamides is 1. The zero-order valence-electron chi connectivity index (χ0n) is 11.6. The minimum Gasteiger partial charge on any atom is -0.468 e. The fraction of sp³-hybridized carbons (Fsp3) is 0.538. The third-order valence-electron chi connectivity index (χ3n) is 4.21. The lowest BCUT2D eigenvalue weighted by Gasteiger charge is -2.23. The van der Waals surface area contributed by atoms with Crippen molar-refractivity contribution in [3.05, 3.63) is 24.5 Å². The van der Waals surface area contributed by atoms with E-state index in [0.717, 1.165) is 0 Å². The number of aromatic nitrogens is 1. The van der Waals surface area contributed by atoms with E-state index >= 15 is 0 Å². The summed E-state index contributed by atoms with van der Waals surface area (Å²) >= 11 is 0. The summed E-state index contributed by atoms with van der Waals surface area (Å²) in [7, 11) is -2.34. The van der Waals surface area contributed by atoms with Gasteiger partial charge in [-0.1, -0.05) is 0 Å². The van der Waals surface area contributed by atoms with Crippen molar-refractivity contribution in [1.29, 1.82) is 0 Å². The number of nitrogens with zero attached hydrogens (tertiary/aromatic N) is 2. The summed E-state index contributed by atoms with van der Waals surface area (Å²) in [6.45, 7) is 0.908. The number of methoxy groups -OCH3 is 1. The molecule has 2 aliphatic heterocycles. The Morgan fingerprint density at radius 3 is 3.05 bits per heavy atom. The fourth-order valence-electron chi connectivity index (χ4n) is 3.01. The normalized spacial score (nSPS) is 29.3. The Kier molecular flexibility index (Phi) is 3.46. The molecule has 1 aromatic heterocycles. The lowest BCUT2D eigenvalue weighted by Crippen LogP contribution is -2.41. The summed E-state index contributed by atoms with van der Waals surface area (Å²) in [5.41, 5.74) is -0.885. The number of hydrogen-bond acceptors (Lipinski definition) is 6. The van der Waals surface area contributed by atoms with Crippen LogP contribution in [0.3, 0.4) is 0 Å². The van der Waals surface area contributed by atoms with E-state index in [1.165, 1.54) is 29.9 Å². The summed E-state index contributed by atoms with van der Waals surface area (Å²) in [6, 6.07) is 3.07. The van der Waals surface area contributed by atoms with Gasteiger partial charge in [0.1, 0.15) is 10.3 Å². The predicted molar refractivity (Wildman–Crippen MR) is 71.8 cm³/mol. The first-order chi connectivity index (χ1) is 10.0. The highest BCUT2D eigenvalue weighted by atomic mass is 32.2. The van der Waals surface area contributed by atoms with Crippen LogP contribution in [-0.2, 0) is 24.3 Å². The lowest BCUT2D eigenvalue weighted by molar-refractivity contribution is -0.153. The maximum Gasteiger partial charge on any atom is 0.315 e. The van der Waals surface area contributed by atoms with Crippen molar-refractivity contribution in [2.75, 3.05) is 33.4 Å². The monoisotopic (exact) mass is 312 g/mol. The third-order valence-corrected chi connectivity index (χ3v) is 6.00. The van der Waals surface area contributed by atoms with Crippen LogP contribution in [0.5, 0.6) is 0 Å². The SMILES string of the molecule is COC(=O)[C@@]12COC[C@@H]1CN(S(=O)(=O)c1cccnc1)C2. The van der Waals surface area contributed by atoms with E-state index in [-0.39, 0.29) is 30.5 Å². The van der Waals surface area contributed by atoms with Crippen LogP contribution in [0, 0.1) is 11.3 Å². The molecule has 0 aliphatic carbocycles. The van der Waals surface area contributed by atoms with Gasteiger partial charge < -0.3 is 9.47 Å². The van der Waals surface area contributed by atoms with Crippen LogP contribution in [0.2, 0.25) is 0 Å². The first-order valence-corrected chi connectivity index (χ1v) is 8.01. The second-order valence-electron chi connectivity index (χ2n) is 5.35. The van der Waals surface area contributed by atoms with Gasteiger partial charge in [-0.15, -0.1) is 0 Å². The standard InChI is InChI=1S/C13H16N2O5S/c1-19-12(16)13-8-15(6-10(13)7-20-9-13)21(17,18)11-3-2-4-14-5-11/h2-5,10H,6-9H2,1H3/t10-,13-/m0/s1. The molecule has 2 atom stereocenters. The van der Waals surface area contributed by atoms with Gasteiger partial charge in [0, 0.05) is 31.4 Å². The first kappa shape index (κ1) is 14.4. The third kappa shape index (κ3) is 2.14. The van der Waals surface area contributed by atoms with Crippen LogP contribution in [0.1, 0.15) is 0 Å². The summed E-state index contributed by atoms with van der Waals surface area (Å²) in [5.74, 6) is -0.578. The van der Waals surface area contributed by atoms with E-state index in [0.29, 0.717) is 6.61 Å². The number of esters is 1. The highest BCUT2D eigenvalue weighted by Crippen LogP contribution is 2.43. The van der Waals surface area contributed by atoms with Crippen molar-refractivity contribution in [3.8, 4) is 0 Å². The topological polar surface area (TPSA) is 85.8 Å². The molecule has 2 aliphatic rings. The van der Waals surface area contributed by atoms with Crippen LogP contribution >= 0.6 is 0 Å². The smallest absolute Gasteiger partial charge is 0.315 e. The van der Waals surface area contributed by atoms with Crippen molar-refractivity contribution in [2.24, 2.45) is 11.3 Å². The van der Waals surface area contributed by atoms with Gasteiger partial charge in [-0.3, -0.25) is 9.78 Å².